The highest BCUT2D eigenvalue weighted by atomic mass is 32.2. The van der Waals surface area contributed by atoms with Gasteiger partial charge in [0.25, 0.3) is 5.24 Å². The van der Waals surface area contributed by atoms with Crippen molar-refractivity contribution in [2.24, 2.45) is 0 Å². The number of benzene rings is 2. The summed E-state index contributed by atoms with van der Waals surface area (Å²) >= 11 is 0.648. The van der Waals surface area contributed by atoms with E-state index in [0.717, 1.165) is 18.2 Å². The van der Waals surface area contributed by atoms with E-state index in [9.17, 15) is 31.2 Å². The maximum atomic E-state index is 13.5. The molecule has 11 heteroatoms. The van der Waals surface area contributed by atoms with Gasteiger partial charge in [-0.2, -0.15) is 13.2 Å². The number of carbonyl (C=O) groups excluding carboxylic acids is 2. The molecule has 1 aromatic heterocycles. The molecule has 0 aliphatic carbocycles. The summed E-state index contributed by atoms with van der Waals surface area (Å²) in [5.41, 5.74) is -0.463. The van der Waals surface area contributed by atoms with Crippen LogP contribution in [0.5, 0.6) is 0 Å². The van der Waals surface area contributed by atoms with Crippen LogP contribution < -0.4 is 0 Å². The second-order valence-corrected chi connectivity index (χ2v) is 9.46. The van der Waals surface area contributed by atoms with Crippen molar-refractivity contribution in [3.05, 3.63) is 65.9 Å². The van der Waals surface area contributed by atoms with Crippen molar-refractivity contribution in [2.45, 2.75) is 16.4 Å². The molecular weight excluding hydrogens is 441 g/mol. The zero-order valence-corrected chi connectivity index (χ0v) is 16.6. The average molecular weight is 454 g/mol. The number of thioether (sulfide) groups is 1. The summed E-state index contributed by atoms with van der Waals surface area (Å²) in [6.45, 7) is 0. The molecule has 0 spiro atoms. The number of nitrogens with one attached hydrogen (secondary N) is 1. The number of amides is 2. The van der Waals surface area contributed by atoms with Crippen molar-refractivity contribution >= 4 is 43.6 Å². The Hall–Kier alpha value is -2.79. The average Bonchev–Trinajstić information content (AvgIpc) is 3.30. The topological polar surface area (TPSA) is 87.3 Å². The first-order valence-corrected chi connectivity index (χ1v) is 11.1. The van der Waals surface area contributed by atoms with Gasteiger partial charge >= 0.3 is 6.18 Å². The van der Waals surface area contributed by atoms with Crippen molar-refractivity contribution in [3.63, 3.8) is 0 Å². The summed E-state index contributed by atoms with van der Waals surface area (Å²) in [5.74, 6) is -0.964. The minimum atomic E-state index is -4.75. The lowest BCUT2D eigenvalue weighted by Gasteiger charge is -2.26. The van der Waals surface area contributed by atoms with Crippen LogP contribution in [0.3, 0.4) is 0 Å². The number of aromatic amines is 1. The standard InChI is InChI=1S/C19H13F3N2O4S2/c20-19(21,22)11-3-1-4-12(9-11)30(27,28)17(24-16(25)10-29-18(24)26)14-5-2-6-15-13(14)7-8-23-15/h1-9,17,23H,10H2. The minimum absolute atomic E-state index is 0.121. The summed E-state index contributed by atoms with van der Waals surface area (Å²) < 4.78 is 66.5. The lowest BCUT2D eigenvalue weighted by atomic mass is 10.1. The predicted octanol–water partition coefficient (Wildman–Crippen LogP) is 4.35. The van der Waals surface area contributed by atoms with Gasteiger partial charge in [-0.25, -0.2) is 8.42 Å². The normalized spacial score (nSPS) is 16.4. The fourth-order valence-electron chi connectivity index (χ4n) is 3.34. The molecule has 1 aliphatic heterocycles. The Morgan fingerprint density at radius 2 is 1.80 bits per heavy atom. The maximum absolute atomic E-state index is 13.5. The maximum Gasteiger partial charge on any atom is 0.416 e. The van der Waals surface area contributed by atoms with Crippen molar-refractivity contribution < 1.29 is 31.2 Å². The van der Waals surface area contributed by atoms with Crippen molar-refractivity contribution in [3.8, 4) is 0 Å². The van der Waals surface area contributed by atoms with Gasteiger partial charge in [0.2, 0.25) is 15.7 Å². The number of halogens is 3. The Kier molecular flexibility index (Phi) is 4.89. The van der Waals surface area contributed by atoms with Crippen LogP contribution >= 0.6 is 11.8 Å². The lowest BCUT2D eigenvalue weighted by molar-refractivity contribution is -0.137. The third-order valence-electron chi connectivity index (χ3n) is 4.70. The first-order chi connectivity index (χ1) is 14.1. The fraction of sp³-hybridized carbons (Fsp3) is 0.158. The zero-order valence-electron chi connectivity index (χ0n) is 15.0. The van der Waals surface area contributed by atoms with Gasteiger partial charge in [0, 0.05) is 22.7 Å². The van der Waals surface area contributed by atoms with Crippen LogP contribution in [-0.4, -0.2) is 35.2 Å². The number of alkyl halides is 3. The van der Waals surface area contributed by atoms with E-state index in [1.54, 1.807) is 24.4 Å². The molecule has 1 aliphatic rings. The van der Waals surface area contributed by atoms with Gasteiger partial charge < -0.3 is 4.98 Å². The zero-order chi connectivity index (χ0) is 21.7. The molecule has 30 heavy (non-hydrogen) atoms. The summed E-state index contributed by atoms with van der Waals surface area (Å²) in [5, 5.41) is -2.13. The third kappa shape index (κ3) is 3.37. The molecule has 2 amide bonds. The Morgan fingerprint density at radius 3 is 2.47 bits per heavy atom. The number of hydrogen-bond donors (Lipinski definition) is 1. The number of imide groups is 1. The minimum Gasteiger partial charge on any atom is -0.361 e. The van der Waals surface area contributed by atoms with Gasteiger partial charge in [0.15, 0.2) is 5.37 Å². The quantitative estimate of drug-likeness (QED) is 0.633. The molecular formula is C19H13F3N2O4S2. The molecule has 6 nitrogen and oxygen atoms in total. The van der Waals surface area contributed by atoms with Crippen LogP contribution in [-0.2, 0) is 20.8 Å². The number of fused-ring (bicyclic) bond motifs is 1. The van der Waals surface area contributed by atoms with E-state index in [1.165, 1.54) is 6.07 Å². The Balaban J connectivity index is 1.96. The molecule has 1 unspecified atom stereocenters. The molecule has 0 bridgehead atoms. The number of hydrogen-bond acceptors (Lipinski definition) is 5. The Labute approximate surface area is 173 Å². The third-order valence-corrected chi connectivity index (χ3v) is 7.50. The molecule has 4 rings (SSSR count). The van der Waals surface area contributed by atoms with Gasteiger partial charge in [-0.15, -0.1) is 0 Å². The van der Waals surface area contributed by atoms with E-state index >= 15 is 0 Å². The van der Waals surface area contributed by atoms with E-state index < -0.39 is 43.0 Å². The van der Waals surface area contributed by atoms with Gasteiger partial charge in [-0.3, -0.25) is 14.5 Å². The number of rotatable bonds is 4. The molecule has 156 valence electrons. The number of sulfone groups is 1. The molecule has 1 saturated heterocycles. The molecule has 2 heterocycles. The number of H-pyrrole nitrogens is 1. The predicted molar refractivity (Wildman–Crippen MR) is 104 cm³/mol. The van der Waals surface area contributed by atoms with Crippen molar-refractivity contribution in [1.29, 1.82) is 0 Å². The second kappa shape index (κ2) is 7.17. The molecule has 3 aromatic rings. The van der Waals surface area contributed by atoms with Gasteiger partial charge in [-0.05, 0) is 30.3 Å². The first kappa shape index (κ1) is 20.5. The Morgan fingerprint density at radius 1 is 1.07 bits per heavy atom. The van der Waals surface area contributed by atoms with Crippen LogP contribution in [0.25, 0.3) is 10.9 Å². The van der Waals surface area contributed by atoms with Crippen molar-refractivity contribution in [1.82, 2.24) is 9.88 Å². The summed E-state index contributed by atoms with van der Waals surface area (Å²) in [7, 11) is -4.60. The highest BCUT2D eigenvalue weighted by Crippen LogP contribution is 2.41. The molecule has 1 atom stereocenters. The lowest BCUT2D eigenvalue weighted by Crippen LogP contribution is -2.38. The molecule has 0 saturated carbocycles. The van der Waals surface area contributed by atoms with Crippen LogP contribution in [0.1, 0.15) is 16.5 Å². The summed E-state index contributed by atoms with van der Waals surface area (Å²) in [6, 6.07) is 9.50. The van der Waals surface area contributed by atoms with E-state index in [4.69, 9.17) is 0 Å². The highest BCUT2D eigenvalue weighted by Gasteiger charge is 2.45. The number of nitrogens with zero attached hydrogens (tertiary/aromatic N) is 1. The molecule has 0 radical (unpaired) electrons. The largest absolute Gasteiger partial charge is 0.416 e. The Bertz CT molecular complexity index is 1250. The molecule has 2 aromatic carbocycles. The number of carbonyl (C=O) groups is 2. The van der Waals surface area contributed by atoms with E-state index in [1.807, 2.05) is 0 Å². The highest BCUT2D eigenvalue weighted by molar-refractivity contribution is 8.14. The summed E-state index contributed by atoms with van der Waals surface area (Å²) in [6.07, 6.45) is -3.19. The van der Waals surface area contributed by atoms with Crippen LogP contribution in [0.4, 0.5) is 18.0 Å². The molecule has 1 N–H and O–H groups in total. The molecule has 1 fully saturated rings. The van der Waals surface area contributed by atoms with Crippen LogP contribution in [0.15, 0.2) is 59.6 Å². The van der Waals surface area contributed by atoms with Crippen molar-refractivity contribution in [2.75, 3.05) is 5.75 Å². The SMILES string of the molecule is O=C1CSC(=O)N1C(c1cccc2[nH]ccc12)S(=O)(=O)c1cccc(C(F)(F)F)c1. The number of aromatic nitrogens is 1. The summed E-state index contributed by atoms with van der Waals surface area (Å²) in [4.78, 5) is 27.7. The first-order valence-electron chi connectivity index (χ1n) is 8.56. The second-order valence-electron chi connectivity index (χ2n) is 6.53. The van der Waals surface area contributed by atoms with Gasteiger partial charge in [-0.1, -0.05) is 30.0 Å². The van der Waals surface area contributed by atoms with Gasteiger partial charge in [0.05, 0.1) is 16.2 Å². The fourth-order valence-corrected chi connectivity index (χ4v) is 5.99. The smallest absolute Gasteiger partial charge is 0.361 e. The van der Waals surface area contributed by atoms with Crippen LogP contribution in [0, 0.1) is 0 Å². The van der Waals surface area contributed by atoms with E-state index in [0.29, 0.717) is 33.6 Å². The van der Waals surface area contributed by atoms with E-state index in [2.05, 4.69) is 4.98 Å². The van der Waals surface area contributed by atoms with Gasteiger partial charge in [0.1, 0.15) is 0 Å². The van der Waals surface area contributed by atoms with E-state index in [-0.39, 0.29) is 11.3 Å². The monoisotopic (exact) mass is 454 g/mol. The van der Waals surface area contributed by atoms with Crippen LogP contribution in [0.2, 0.25) is 0 Å².